The van der Waals surface area contributed by atoms with Gasteiger partial charge in [-0.1, -0.05) is 11.6 Å². The first-order valence-electron chi connectivity index (χ1n) is 4.21. The van der Waals surface area contributed by atoms with Crippen LogP contribution in [0.4, 0.5) is 0 Å². The monoisotopic (exact) mass is 250 g/mol. The first-order chi connectivity index (χ1) is 6.97. The largest absolute Gasteiger partial charge is 0.395 e. The number of aliphatic hydroxyl groups is 1. The van der Waals surface area contributed by atoms with Crippen LogP contribution in [0.2, 0.25) is 5.15 Å². The number of nitrogens with one attached hydrogen (secondary N) is 1. The van der Waals surface area contributed by atoms with Gasteiger partial charge in [0.05, 0.1) is 6.61 Å². The molecule has 0 aromatic carbocycles. The van der Waals surface area contributed by atoms with E-state index in [4.69, 9.17) is 16.7 Å². The molecule has 1 atom stereocenters. The molecule has 1 unspecified atom stereocenters. The van der Waals surface area contributed by atoms with E-state index < -0.39 is 16.1 Å². The van der Waals surface area contributed by atoms with Gasteiger partial charge >= 0.3 is 0 Å². The SMILES string of the molecule is CC(CO)NS(=O)(=O)c1cccnc1Cl. The van der Waals surface area contributed by atoms with Crippen LogP contribution in [0.3, 0.4) is 0 Å². The molecular formula is C8H11ClN2O3S. The molecule has 0 aliphatic heterocycles. The van der Waals surface area contributed by atoms with Gasteiger partial charge in [0.15, 0.2) is 0 Å². The van der Waals surface area contributed by atoms with Crippen molar-refractivity contribution in [2.45, 2.75) is 17.9 Å². The van der Waals surface area contributed by atoms with Gasteiger partial charge < -0.3 is 5.11 Å². The van der Waals surface area contributed by atoms with Crippen molar-refractivity contribution in [1.82, 2.24) is 9.71 Å². The van der Waals surface area contributed by atoms with Crippen LogP contribution in [-0.2, 0) is 10.0 Å². The van der Waals surface area contributed by atoms with Crippen LogP contribution in [0.1, 0.15) is 6.92 Å². The molecule has 2 N–H and O–H groups in total. The van der Waals surface area contributed by atoms with Crippen LogP contribution in [0.15, 0.2) is 23.2 Å². The average molecular weight is 251 g/mol. The summed E-state index contributed by atoms with van der Waals surface area (Å²) in [5.41, 5.74) is 0. The lowest BCUT2D eigenvalue weighted by Crippen LogP contribution is -2.35. The van der Waals surface area contributed by atoms with E-state index in [2.05, 4.69) is 9.71 Å². The Morgan fingerprint density at radius 3 is 2.87 bits per heavy atom. The third-order valence-corrected chi connectivity index (χ3v) is 3.68. The number of hydrogen-bond acceptors (Lipinski definition) is 4. The number of rotatable bonds is 4. The number of sulfonamides is 1. The molecule has 0 saturated heterocycles. The second-order valence-corrected chi connectivity index (χ2v) is 5.04. The summed E-state index contributed by atoms with van der Waals surface area (Å²) in [6, 6.07) is 2.26. The van der Waals surface area contributed by atoms with E-state index in [1.54, 1.807) is 6.92 Å². The lowest BCUT2D eigenvalue weighted by Gasteiger charge is -2.11. The maximum Gasteiger partial charge on any atom is 0.243 e. The highest BCUT2D eigenvalue weighted by Crippen LogP contribution is 2.17. The van der Waals surface area contributed by atoms with Crippen molar-refractivity contribution >= 4 is 21.6 Å². The van der Waals surface area contributed by atoms with Crippen molar-refractivity contribution in [2.24, 2.45) is 0 Å². The van der Waals surface area contributed by atoms with Crippen LogP contribution in [0, 0.1) is 0 Å². The minimum Gasteiger partial charge on any atom is -0.395 e. The van der Waals surface area contributed by atoms with Crippen molar-refractivity contribution < 1.29 is 13.5 Å². The molecule has 0 fully saturated rings. The fourth-order valence-corrected chi connectivity index (χ4v) is 2.62. The predicted molar refractivity (Wildman–Crippen MR) is 56.1 cm³/mol. The lowest BCUT2D eigenvalue weighted by atomic mass is 10.4. The van der Waals surface area contributed by atoms with Crippen molar-refractivity contribution in [2.75, 3.05) is 6.61 Å². The highest BCUT2D eigenvalue weighted by molar-refractivity contribution is 7.89. The molecule has 0 spiro atoms. The zero-order valence-corrected chi connectivity index (χ0v) is 9.59. The van der Waals surface area contributed by atoms with E-state index in [1.807, 2.05) is 0 Å². The van der Waals surface area contributed by atoms with Gasteiger partial charge in [-0.3, -0.25) is 0 Å². The van der Waals surface area contributed by atoms with E-state index >= 15 is 0 Å². The Bertz CT molecular complexity index is 435. The number of hydrogen-bond donors (Lipinski definition) is 2. The van der Waals surface area contributed by atoms with Crippen molar-refractivity contribution in [3.63, 3.8) is 0 Å². The van der Waals surface area contributed by atoms with Gasteiger partial charge in [-0.15, -0.1) is 0 Å². The summed E-state index contributed by atoms with van der Waals surface area (Å²) in [5, 5.41) is 8.65. The van der Waals surface area contributed by atoms with E-state index in [1.165, 1.54) is 18.3 Å². The Kier molecular flexibility index (Phi) is 4.04. The molecule has 0 saturated carbocycles. The molecule has 0 radical (unpaired) electrons. The van der Waals surface area contributed by atoms with Crippen molar-refractivity contribution in [3.05, 3.63) is 23.5 Å². The van der Waals surface area contributed by atoms with Gasteiger partial charge in [0.2, 0.25) is 10.0 Å². The van der Waals surface area contributed by atoms with Gasteiger partial charge in [-0.2, -0.15) is 0 Å². The molecule has 1 rings (SSSR count). The maximum atomic E-state index is 11.7. The smallest absolute Gasteiger partial charge is 0.243 e. The molecule has 5 nitrogen and oxygen atoms in total. The van der Waals surface area contributed by atoms with Crippen LogP contribution >= 0.6 is 11.6 Å². The third-order valence-electron chi connectivity index (χ3n) is 1.64. The Morgan fingerprint density at radius 1 is 1.67 bits per heavy atom. The molecule has 1 aromatic heterocycles. The highest BCUT2D eigenvalue weighted by Gasteiger charge is 2.20. The zero-order chi connectivity index (χ0) is 11.5. The molecule has 0 amide bonds. The lowest BCUT2D eigenvalue weighted by molar-refractivity contribution is 0.265. The Labute approximate surface area is 93.2 Å². The Morgan fingerprint density at radius 2 is 2.33 bits per heavy atom. The van der Waals surface area contributed by atoms with E-state index in [0.717, 1.165) is 0 Å². The number of nitrogens with zero attached hydrogens (tertiary/aromatic N) is 1. The summed E-state index contributed by atoms with van der Waals surface area (Å²) in [5.74, 6) is 0. The minimum atomic E-state index is -3.71. The number of pyridine rings is 1. The standard InChI is InChI=1S/C8H11ClN2O3S/c1-6(5-12)11-15(13,14)7-3-2-4-10-8(7)9/h2-4,6,11-12H,5H2,1H3. The molecular weight excluding hydrogens is 240 g/mol. The first kappa shape index (κ1) is 12.4. The fourth-order valence-electron chi connectivity index (χ4n) is 0.937. The number of halogens is 1. The number of aromatic nitrogens is 1. The van der Waals surface area contributed by atoms with Crippen molar-refractivity contribution in [3.8, 4) is 0 Å². The van der Waals surface area contributed by atoms with Gasteiger partial charge in [-0.05, 0) is 19.1 Å². The maximum absolute atomic E-state index is 11.7. The normalized spacial score (nSPS) is 13.8. The predicted octanol–water partition coefficient (Wildman–Crippen LogP) is 0.394. The topological polar surface area (TPSA) is 79.3 Å². The quantitative estimate of drug-likeness (QED) is 0.758. The average Bonchev–Trinajstić information content (AvgIpc) is 2.17. The van der Waals surface area contributed by atoms with Crippen LogP contribution in [0.5, 0.6) is 0 Å². The van der Waals surface area contributed by atoms with Crippen LogP contribution in [0.25, 0.3) is 0 Å². The van der Waals surface area contributed by atoms with Gasteiger partial charge in [0.25, 0.3) is 0 Å². The molecule has 0 bridgehead atoms. The summed E-state index contributed by atoms with van der Waals surface area (Å²) in [6.45, 7) is 1.26. The summed E-state index contributed by atoms with van der Waals surface area (Å²) >= 11 is 5.64. The van der Waals surface area contributed by atoms with Crippen LogP contribution in [-0.4, -0.2) is 31.2 Å². The Hall–Kier alpha value is -0.690. The summed E-state index contributed by atoms with van der Waals surface area (Å²) < 4.78 is 25.6. The molecule has 0 aliphatic carbocycles. The van der Waals surface area contributed by atoms with Gasteiger partial charge in [0.1, 0.15) is 10.0 Å². The molecule has 1 aromatic rings. The van der Waals surface area contributed by atoms with Crippen molar-refractivity contribution in [1.29, 1.82) is 0 Å². The summed E-state index contributed by atoms with van der Waals surface area (Å²) in [6.07, 6.45) is 1.40. The second kappa shape index (κ2) is 4.89. The van der Waals surface area contributed by atoms with Gasteiger partial charge in [0, 0.05) is 12.2 Å². The Balaban J connectivity index is 3.02. The third kappa shape index (κ3) is 3.13. The summed E-state index contributed by atoms with van der Waals surface area (Å²) in [7, 11) is -3.71. The van der Waals surface area contributed by atoms with Gasteiger partial charge in [-0.25, -0.2) is 18.1 Å². The van der Waals surface area contributed by atoms with E-state index in [-0.39, 0.29) is 16.7 Å². The van der Waals surface area contributed by atoms with E-state index in [9.17, 15) is 8.42 Å². The van der Waals surface area contributed by atoms with Crippen LogP contribution < -0.4 is 4.72 Å². The molecule has 7 heteroatoms. The van der Waals surface area contributed by atoms with E-state index in [0.29, 0.717) is 0 Å². The minimum absolute atomic E-state index is 0.0878. The fraction of sp³-hybridized carbons (Fsp3) is 0.375. The first-order valence-corrected chi connectivity index (χ1v) is 6.07. The second-order valence-electron chi connectivity index (χ2n) is 3.00. The molecule has 15 heavy (non-hydrogen) atoms. The highest BCUT2D eigenvalue weighted by atomic mass is 35.5. The summed E-state index contributed by atoms with van der Waals surface area (Å²) in [4.78, 5) is 3.57. The zero-order valence-electron chi connectivity index (χ0n) is 8.01. The molecule has 84 valence electrons. The molecule has 1 heterocycles. The number of aliphatic hydroxyl groups excluding tert-OH is 1. The molecule has 0 aliphatic rings.